The lowest BCUT2D eigenvalue weighted by Gasteiger charge is -2.48. The quantitative estimate of drug-likeness (QED) is 0.853. The van der Waals surface area contributed by atoms with Gasteiger partial charge in [-0.25, -0.2) is 9.97 Å². The normalized spacial score (nSPS) is 30.1. The number of hydrogen-bond acceptors (Lipinski definition) is 4. The number of anilines is 1. The highest BCUT2D eigenvalue weighted by Crippen LogP contribution is 2.41. The second-order valence-electron chi connectivity index (χ2n) is 6.06. The summed E-state index contributed by atoms with van der Waals surface area (Å²) in [5.41, 5.74) is 0.577. The van der Waals surface area contributed by atoms with E-state index < -0.39 is 5.60 Å². The molecule has 20 heavy (non-hydrogen) atoms. The van der Waals surface area contributed by atoms with Gasteiger partial charge < -0.3 is 10.0 Å². The molecule has 1 aromatic rings. The fourth-order valence-corrected chi connectivity index (χ4v) is 3.98. The zero-order chi connectivity index (χ0) is 14.2. The summed E-state index contributed by atoms with van der Waals surface area (Å²) in [7, 11) is 0. The average Bonchev–Trinajstić information content (AvgIpc) is 2.46. The third-order valence-corrected chi connectivity index (χ3v) is 5.28. The number of aromatic nitrogens is 2. The number of nitrogens with zero attached hydrogens (tertiary/aromatic N) is 3. The first-order chi connectivity index (χ1) is 9.64. The number of fused-ring (bicyclic) bond motifs is 1. The zero-order valence-electron chi connectivity index (χ0n) is 12.0. The van der Waals surface area contributed by atoms with Gasteiger partial charge >= 0.3 is 0 Å². The Kier molecular flexibility index (Phi) is 3.87. The lowest BCUT2D eigenvalue weighted by atomic mass is 9.71. The van der Waals surface area contributed by atoms with Gasteiger partial charge in [0.2, 0.25) is 0 Å². The van der Waals surface area contributed by atoms with Crippen LogP contribution in [0.5, 0.6) is 0 Å². The lowest BCUT2D eigenvalue weighted by Crippen LogP contribution is -2.53. The number of hydrogen-bond donors (Lipinski definition) is 1. The Hall–Kier alpha value is -0.870. The van der Waals surface area contributed by atoms with Crippen LogP contribution in [0.1, 0.15) is 44.6 Å². The van der Waals surface area contributed by atoms with Gasteiger partial charge in [-0.15, -0.1) is 0 Å². The molecule has 2 unspecified atom stereocenters. The smallest absolute Gasteiger partial charge is 0.137 e. The highest BCUT2D eigenvalue weighted by molar-refractivity contribution is 6.30. The van der Waals surface area contributed by atoms with Crippen molar-refractivity contribution in [2.45, 2.75) is 51.0 Å². The van der Waals surface area contributed by atoms with Crippen molar-refractivity contribution >= 4 is 17.4 Å². The SMILES string of the molecule is CCc1c(Cl)ncnc1N1CCC2(O)CCCCC2C1. The molecular formula is C15H22ClN3O. The van der Waals surface area contributed by atoms with Crippen molar-refractivity contribution in [2.75, 3.05) is 18.0 Å². The summed E-state index contributed by atoms with van der Waals surface area (Å²) >= 11 is 6.19. The van der Waals surface area contributed by atoms with E-state index in [1.807, 2.05) is 0 Å². The maximum Gasteiger partial charge on any atom is 0.137 e. The zero-order valence-corrected chi connectivity index (χ0v) is 12.7. The Morgan fingerprint density at radius 3 is 3.05 bits per heavy atom. The van der Waals surface area contributed by atoms with Gasteiger partial charge in [0, 0.05) is 24.6 Å². The van der Waals surface area contributed by atoms with E-state index in [9.17, 15) is 5.11 Å². The van der Waals surface area contributed by atoms with Gasteiger partial charge in [0.15, 0.2) is 0 Å². The number of halogens is 1. The third kappa shape index (κ3) is 2.40. The number of piperidine rings is 1. The fourth-order valence-electron chi connectivity index (χ4n) is 3.72. The van der Waals surface area contributed by atoms with E-state index in [1.54, 1.807) is 6.33 Å². The van der Waals surface area contributed by atoms with Crippen molar-refractivity contribution in [1.29, 1.82) is 0 Å². The van der Waals surface area contributed by atoms with E-state index in [4.69, 9.17) is 11.6 Å². The molecular weight excluding hydrogens is 274 g/mol. The Balaban J connectivity index is 1.84. The summed E-state index contributed by atoms with van der Waals surface area (Å²) in [5.74, 6) is 1.32. The summed E-state index contributed by atoms with van der Waals surface area (Å²) in [6.07, 6.45) is 7.67. The molecule has 4 nitrogen and oxygen atoms in total. The molecule has 1 N–H and O–H groups in total. The van der Waals surface area contributed by atoms with Crippen LogP contribution in [0.4, 0.5) is 5.82 Å². The molecule has 0 radical (unpaired) electrons. The number of aliphatic hydroxyl groups is 1. The standard InChI is InChI=1S/C15H22ClN3O/c1-2-12-13(16)17-10-18-14(12)19-8-7-15(20)6-4-3-5-11(15)9-19/h10-11,20H,2-9H2,1H3. The molecule has 1 saturated carbocycles. The monoisotopic (exact) mass is 295 g/mol. The third-order valence-electron chi connectivity index (χ3n) is 4.95. The van der Waals surface area contributed by atoms with Gasteiger partial charge in [-0.3, -0.25) is 0 Å². The molecule has 0 amide bonds. The van der Waals surface area contributed by atoms with Gasteiger partial charge in [-0.1, -0.05) is 31.4 Å². The molecule has 1 saturated heterocycles. The Morgan fingerprint density at radius 1 is 1.40 bits per heavy atom. The van der Waals surface area contributed by atoms with Crippen LogP contribution in [0.2, 0.25) is 5.15 Å². The van der Waals surface area contributed by atoms with E-state index in [0.29, 0.717) is 11.1 Å². The van der Waals surface area contributed by atoms with Crippen LogP contribution in [0.3, 0.4) is 0 Å². The Morgan fingerprint density at radius 2 is 2.25 bits per heavy atom. The highest BCUT2D eigenvalue weighted by atomic mass is 35.5. The van der Waals surface area contributed by atoms with Crippen molar-refractivity contribution in [2.24, 2.45) is 5.92 Å². The van der Waals surface area contributed by atoms with Crippen molar-refractivity contribution in [3.63, 3.8) is 0 Å². The van der Waals surface area contributed by atoms with Crippen molar-refractivity contribution < 1.29 is 5.11 Å². The summed E-state index contributed by atoms with van der Waals surface area (Å²) < 4.78 is 0. The second-order valence-corrected chi connectivity index (χ2v) is 6.42. The van der Waals surface area contributed by atoms with Crippen molar-refractivity contribution in [1.82, 2.24) is 9.97 Å². The molecule has 1 aliphatic heterocycles. The van der Waals surface area contributed by atoms with E-state index in [-0.39, 0.29) is 0 Å². The van der Waals surface area contributed by atoms with E-state index in [0.717, 1.165) is 56.6 Å². The van der Waals surface area contributed by atoms with Crippen LogP contribution < -0.4 is 4.90 Å². The predicted molar refractivity (Wildman–Crippen MR) is 80.2 cm³/mol. The largest absolute Gasteiger partial charge is 0.389 e. The van der Waals surface area contributed by atoms with Crippen LogP contribution >= 0.6 is 11.6 Å². The maximum absolute atomic E-state index is 10.8. The molecule has 110 valence electrons. The van der Waals surface area contributed by atoms with Crippen LogP contribution in [-0.4, -0.2) is 33.8 Å². The maximum atomic E-state index is 10.8. The van der Waals surface area contributed by atoms with E-state index >= 15 is 0 Å². The molecule has 3 rings (SSSR count). The molecule has 2 heterocycles. The molecule has 2 fully saturated rings. The van der Waals surface area contributed by atoms with Crippen LogP contribution in [-0.2, 0) is 6.42 Å². The highest BCUT2D eigenvalue weighted by Gasteiger charge is 2.43. The lowest BCUT2D eigenvalue weighted by molar-refractivity contribution is -0.0613. The first kappa shape index (κ1) is 14.1. The second kappa shape index (κ2) is 5.49. The molecule has 2 atom stereocenters. The molecule has 1 aromatic heterocycles. The van der Waals surface area contributed by atoms with Gasteiger partial charge in [0.05, 0.1) is 5.60 Å². The van der Waals surface area contributed by atoms with Crippen LogP contribution in [0, 0.1) is 5.92 Å². The summed E-state index contributed by atoms with van der Waals surface area (Å²) in [5, 5.41) is 11.3. The summed E-state index contributed by atoms with van der Waals surface area (Å²) in [6.45, 7) is 3.82. The minimum absolute atomic E-state index is 0.364. The summed E-state index contributed by atoms with van der Waals surface area (Å²) in [6, 6.07) is 0. The van der Waals surface area contributed by atoms with Crippen molar-refractivity contribution in [3.8, 4) is 0 Å². The minimum Gasteiger partial charge on any atom is -0.389 e. The first-order valence-electron chi connectivity index (χ1n) is 7.61. The molecule has 0 spiro atoms. The van der Waals surface area contributed by atoms with Gasteiger partial charge in [0.25, 0.3) is 0 Å². The molecule has 1 aliphatic carbocycles. The molecule has 2 aliphatic rings. The van der Waals surface area contributed by atoms with Crippen molar-refractivity contribution in [3.05, 3.63) is 17.0 Å². The van der Waals surface area contributed by atoms with E-state index in [2.05, 4.69) is 21.8 Å². The van der Waals surface area contributed by atoms with Crippen LogP contribution in [0.25, 0.3) is 0 Å². The van der Waals surface area contributed by atoms with Gasteiger partial charge in [-0.05, 0) is 25.7 Å². The topological polar surface area (TPSA) is 49.2 Å². The van der Waals surface area contributed by atoms with Gasteiger partial charge in [0.1, 0.15) is 17.3 Å². The molecule has 5 heteroatoms. The average molecular weight is 296 g/mol. The van der Waals surface area contributed by atoms with Gasteiger partial charge in [-0.2, -0.15) is 0 Å². The minimum atomic E-state index is -0.446. The molecule has 0 bridgehead atoms. The number of rotatable bonds is 2. The summed E-state index contributed by atoms with van der Waals surface area (Å²) in [4.78, 5) is 10.8. The fraction of sp³-hybridized carbons (Fsp3) is 0.733. The Labute approximate surface area is 125 Å². The van der Waals surface area contributed by atoms with E-state index in [1.165, 1.54) is 6.42 Å². The predicted octanol–water partition coefficient (Wildman–Crippen LogP) is 2.82. The van der Waals surface area contributed by atoms with Crippen LogP contribution in [0.15, 0.2) is 6.33 Å². The molecule has 0 aromatic carbocycles. The first-order valence-corrected chi connectivity index (χ1v) is 7.98. The Bertz CT molecular complexity index is 496.